The van der Waals surface area contributed by atoms with Crippen LogP contribution in [0.25, 0.3) is 0 Å². The molecule has 5 heteroatoms. The van der Waals surface area contributed by atoms with E-state index in [4.69, 9.17) is 9.47 Å². The van der Waals surface area contributed by atoms with Gasteiger partial charge in [0.15, 0.2) is 0 Å². The highest BCUT2D eigenvalue weighted by Crippen LogP contribution is 2.11. The topological polar surface area (TPSA) is 42.0 Å². The van der Waals surface area contributed by atoms with Crippen LogP contribution in [0.2, 0.25) is 0 Å². The van der Waals surface area contributed by atoms with Gasteiger partial charge in [-0.2, -0.15) is 0 Å². The quantitative estimate of drug-likeness (QED) is 0.682. The minimum Gasteiger partial charge on any atom is -0.383 e. The molecule has 0 fully saturated rings. The van der Waals surface area contributed by atoms with Gasteiger partial charge in [0.2, 0.25) is 5.91 Å². The third-order valence-corrected chi connectivity index (χ3v) is 3.10. The molecule has 0 saturated carbocycles. The molecule has 0 aliphatic carbocycles. The Balaban J connectivity index is 2.55. The van der Waals surface area contributed by atoms with Gasteiger partial charge >= 0.3 is 0 Å². The average Bonchev–Trinajstić information content (AvgIpc) is 2.49. The maximum atomic E-state index is 12.3. The number of methoxy groups -OCH3 is 2. The van der Waals surface area contributed by atoms with Gasteiger partial charge in [-0.15, -0.1) is 0 Å². The van der Waals surface area contributed by atoms with Crippen LogP contribution in [-0.2, 0) is 14.3 Å². The first-order valence-electron chi connectivity index (χ1n) is 6.71. The van der Waals surface area contributed by atoms with E-state index in [1.807, 2.05) is 35.2 Å². The predicted molar refractivity (Wildman–Crippen MR) is 80.0 cm³/mol. The molecule has 0 saturated heterocycles. The summed E-state index contributed by atoms with van der Waals surface area (Å²) in [6.45, 7) is 3.00. The lowest BCUT2D eigenvalue weighted by atomic mass is 10.3. The zero-order chi connectivity index (χ0) is 14.8. The number of para-hydroxylation sites is 1. The summed E-state index contributed by atoms with van der Waals surface area (Å²) in [5.74, 6) is 0.0587. The maximum Gasteiger partial charge on any atom is 0.240 e. The van der Waals surface area contributed by atoms with Gasteiger partial charge in [0.1, 0.15) is 0 Å². The van der Waals surface area contributed by atoms with Crippen molar-refractivity contribution in [3.63, 3.8) is 0 Å². The Bertz CT molecular complexity index is 376. The largest absolute Gasteiger partial charge is 0.383 e. The van der Waals surface area contributed by atoms with Gasteiger partial charge in [-0.1, -0.05) is 18.2 Å². The van der Waals surface area contributed by atoms with Crippen molar-refractivity contribution < 1.29 is 14.3 Å². The minimum absolute atomic E-state index is 0.0587. The smallest absolute Gasteiger partial charge is 0.240 e. The molecule has 0 spiro atoms. The van der Waals surface area contributed by atoms with Crippen molar-refractivity contribution in [1.29, 1.82) is 0 Å². The molecule has 5 nitrogen and oxygen atoms in total. The van der Waals surface area contributed by atoms with Gasteiger partial charge in [0, 0.05) is 40.0 Å². The molecule has 0 heterocycles. The van der Waals surface area contributed by atoms with Crippen LogP contribution >= 0.6 is 0 Å². The molecule has 0 aliphatic heterocycles. The lowest BCUT2D eigenvalue weighted by Crippen LogP contribution is -2.41. The molecule has 0 atom stereocenters. The second-order valence-corrected chi connectivity index (χ2v) is 4.55. The van der Waals surface area contributed by atoms with Crippen LogP contribution in [0.5, 0.6) is 0 Å². The first-order chi connectivity index (χ1) is 9.69. The van der Waals surface area contributed by atoms with Gasteiger partial charge in [-0.05, 0) is 12.1 Å². The molecule has 1 aromatic rings. The van der Waals surface area contributed by atoms with Crippen LogP contribution in [0.4, 0.5) is 5.69 Å². The number of likely N-dealkylation sites (N-methyl/N-ethyl adjacent to an activating group) is 1. The molecule has 0 N–H and O–H groups in total. The third kappa shape index (κ3) is 5.69. The van der Waals surface area contributed by atoms with Crippen molar-refractivity contribution in [3.8, 4) is 0 Å². The summed E-state index contributed by atoms with van der Waals surface area (Å²) in [6.07, 6.45) is 0. The van der Waals surface area contributed by atoms with Crippen molar-refractivity contribution in [2.75, 3.05) is 59.0 Å². The Morgan fingerprint density at radius 3 is 2.10 bits per heavy atom. The fraction of sp³-hybridized carbons (Fsp3) is 0.533. The summed E-state index contributed by atoms with van der Waals surface area (Å²) in [4.78, 5) is 16.0. The van der Waals surface area contributed by atoms with E-state index in [-0.39, 0.29) is 5.91 Å². The number of nitrogens with zero attached hydrogens (tertiary/aromatic N) is 2. The number of rotatable bonds is 9. The standard InChI is InChI=1S/C15H24N2O3/c1-16(14-7-5-4-6-8-14)15(18)13-17(9-11-19-2)10-12-20-3/h4-8H,9-13H2,1-3H3. The number of carbonyl (C=O) groups excluding carboxylic acids is 1. The van der Waals surface area contributed by atoms with Gasteiger partial charge in [0.25, 0.3) is 0 Å². The van der Waals surface area contributed by atoms with Crippen LogP contribution in [0.1, 0.15) is 0 Å². The molecule has 1 amide bonds. The van der Waals surface area contributed by atoms with E-state index in [1.165, 1.54) is 0 Å². The second kappa shape index (κ2) is 9.47. The molecular formula is C15H24N2O3. The Morgan fingerprint density at radius 1 is 1.05 bits per heavy atom. The molecule has 20 heavy (non-hydrogen) atoms. The van der Waals surface area contributed by atoms with E-state index in [0.717, 1.165) is 5.69 Å². The SMILES string of the molecule is COCCN(CCOC)CC(=O)N(C)c1ccccc1. The average molecular weight is 280 g/mol. The zero-order valence-electron chi connectivity index (χ0n) is 12.5. The summed E-state index contributed by atoms with van der Waals surface area (Å²) >= 11 is 0. The van der Waals surface area contributed by atoms with E-state index in [9.17, 15) is 4.79 Å². The fourth-order valence-corrected chi connectivity index (χ4v) is 1.80. The minimum atomic E-state index is 0.0587. The van der Waals surface area contributed by atoms with E-state index in [2.05, 4.69) is 0 Å². The van der Waals surface area contributed by atoms with Crippen LogP contribution in [-0.4, -0.2) is 64.9 Å². The van der Waals surface area contributed by atoms with E-state index < -0.39 is 0 Å². The Labute approximate surface area is 121 Å². The lowest BCUT2D eigenvalue weighted by molar-refractivity contribution is -0.119. The van der Waals surface area contributed by atoms with E-state index >= 15 is 0 Å². The van der Waals surface area contributed by atoms with E-state index in [0.29, 0.717) is 32.8 Å². The number of carbonyl (C=O) groups is 1. The molecule has 112 valence electrons. The number of anilines is 1. The number of benzene rings is 1. The Morgan fingerprint density at radius 2 is 1.60 bits per heavy atom. The fourth-order valence-electron chi connectivity index (χ4n) is 1.80. The molecule has 1 rings (SSSR count). The molecule has 0 aromatic heterocycles. The Hall–Kier alpha value is -1.43. The molecule has 0 bridgehead atoms. The third-order valence-electron chi connectivity index (χ3n) is 3.10. The van der Waals surface area contributed by atoms with E-state index in [1.54, 1.807) is 26.2 Å². The molecule has 0 aliphatic rings. The van der Waals surface area contributed by atoms with Crippen molar-refractivity contribution in [3.05, 3.63) is 30.3 Å². The first kappa shape index (κ1) is 16.6. The maximum absolute atomic E-state index is 12.3. The lowest BCUT2D eigenvalue weighted by Gasteiger charge is -2.24. The molecular weight excluding hydrogens is 256 g/mol. The van der Waals surface area contributed by atoms with Crippen LogP contribution in [0.3, 0.4) is 0 Å². The van der Waals surface area contributed by atoms with Crippen LogP contribution in [0.15, 0.2) is 30.3 Å². The van der Waals surface area contributed by atoms with Crippen molar-refractivity contribution in [1.82, 2.24) is 4.90 Å². The highest BCUT2D eigenvalue weighted by molar-refractivity contribution is 5.94. The summed E-state index contributed by atoms with van der Waals surface area (Å²) in [6, 6.07) is 9.63. The monoisotopic (exact) mass is 280 g/mol. The van der Waals surface area contributed by atoms with Crippen molar-refractivity contribution >= 4 is 11.6 Å². The van der Waals surface area contributed by atoms with Crippen molar-refractivity contribution in [2.24, 2.45) is 0 Å². The zero-order valence-corrected chi connectivity index (χ0v) is 12.5. The van der Waals surface area contributed by atoms with Crippen molar-refractivity contribution in [2.45, 2.75) is 0 Å². The van der Waals surface area contributed by atoms with Crippen LogP contribution in [0, 0.1) is 0 Å². The number of ether oxygens (including phenoxy) is 2. The van der Waals surface area contributed by atoms with Crippen LogP contribution < -0.4 is 4.90 Å². The highest BCUT2D eigenvalue weighted by atomic mass is 16.5. The van der Waals surface area contributed by atoms with Gasteiger partial charge in [-0.3, -0.25) is 9.69 Å². The van der Waals surface area contributed by atoms with Gasteiger partial charge < -0.3 is 14.4 Å². The van der Waals surface area contributed by atoms with Gasteiger partial charge in [-0.25, -0.2) is 0 Å². The Kier molecular flexibility index (Phi) is 7.87. The molecule has 0 radical (unpaired) electrons. The number of hydrogen-bond acceptors (Lipinski definition) is 4. The summed E-state index contributed by atoms with van der Waals surface area (Å²) in [7, 11) is 5.11. The number of hydrogen-bond donors (Lipinski definition) is 0. The predicted octanol–water partition coefficient (Wildman–Crippen LogP) is 1.24. The first-order valence-corrected chi connectivity index (χ1v) is 6.71. The summed E-state index contributed by atoms with van der Waals surface area (Å²) in [5, 5.41) is 0. The highest BCUT2D eigenvalue weighted by Gasteiger charge is 2.15. The molecule has 1 aromatic carbocycles. The summed E-state index contributed by atoms with van der Waals surface area (Å²) in [5.41, 5.74) is 0.899. The van der Waals surface area contributed by atoms with Gasteiger partial charge in [0.05, 0.1) is 19.8 Å². The summed E-state index contributed by atoms with van der Waals surface area (Å²) < 4.78 is 10.1. The second-order valence-electron chi connectivity index (χ2n) is 4.55. The number of amides is 1. The normalized spacial score (nSPS) is 10.8. The molecule has 0 unspecified atom stereocenters.